The van der Waals surface area contributed by atoms with Crippen molar-refractivity contribution in [2.45, 2.75) is 25.8 Å². The molecule has 88 valence electrons. The van der Waals surface area contributed by atoms with Crippen LogP contribution in [0.15, 0.2) is 24.5 Å². The van der Waals surface area contributed by atoms with Crippen LogP contribution in [-0.4, -0.2) is 14.8 Å². The van der Waals surface area contributed by atoms with E-state index >= 15 is 0 Å². The molecule has 0 saturated carbocycles. The number of anilines is 1. The molecule has 4 heteroatoms. The van der Waals surface area contributed by atoms with E-state index in [-0.39, 0.29) is 0 Å². The summed E-state index contributed by atoms with van der Waals surface area (Å²) in [4.78, 5) is 4.48. The van der Waals surface area contributed by atoms with Crippen molar-refractivity contribution in [3.63, 3.8) is 0 Å². The van der Waals surface area contributed by atoms with Crippen LogP contribution >= 0.6 is 0 Å². The molecule has 2 aromatic heterocycles. The summed E-state index contributed by atoms with van der Waals surface area (Å²) >= 11 is 0. The first-order valence-corrected chi connectivity index (χ1v) is 5.94. The summed E-state index contributed by atoms with van der Waals surface area (Å²) in [5.41, 5.74) is 4.70. The van der Waals surface area contributed by atoms with E-state index < -0.39 is 0 Å². The van der Waals surface area contributed by atoms with E-state index in [4.69, 9.17) is 0 Å². The predicted molar refractivity (Wildman–Crippen MR) is 66.9 cm³/mol. The molecule has 1 N–H and O–H groups in total. The molecule has 0 aromatic carbocycles. The fourth-order valence-corrected chi connectivity index (χ4v) is 2.48. The Hall–Kier alpha value is -1.84. The monoisotopic (exact) mass is 228 g/mol. The SMILES string of the molecule is Cc1nn(C)cc1NC1CCc2cccnc21. The van der Waals surface area contributed by atoms with E-state index in [1.165, 1.54) is 11.3 Å². The van der Waals surface area contributed by atoms with Crippen LogP contribution in [-0.2, 0) is 13.5 Å². The minimum absolute atomic E-state index is 0.328. The van der Waals surface area contributed by atoms with Gasteiger partial charge < -0.3 is 5.32 Å². The largest absolute Gasteiger partial charge is 0.374 e. The van der Waals surface area contributed by atoms with Gasteiger partial charge in [-0.1, -0.05) is 6.07 Å². The summed E-state index contributed by atoms with van der Waals surface area (Å²) in [7, 11) is 1.94. The lowest BCUT2D eigenvalue weighted by atomic mass is 10.2. The van der Waals surface area contributed by atoms with Crippen molar-refractivity contribution in [3.8, 4) is 0 Å². The van der Waals surface area contributed by atoms with Crippen LogP contribution in [0.5, 0.6) is 0 Å². The Morgan fingerprint density at radius 2 is 2.35 bits per heavy atom. The van der Waals surface area contributed by atoms with Crippen LogP contribution in [0.3, 0.4) is 0 Å². The van der Waals surface area contributed by atoms with Crippen molar-refractivity contribution in [1.29, 1.82) is 0 Å². The second-order valence-electron chi connectivity index (χ2n) is 4.59. The Labute approximate surface area is 101 Å². The third-order valence-corrected chi connectivity index (χ3v) is 3.30. The minimum atomic E-state index is 0.328. The van der Waals surface area contributed by atoms with Crippen molar-refractivity contribution in [2.75, 3.05) is 5.32 Å². The van der Waals surface area contributed by atoms with Crippen molar-refractivity contribution in [1.82, 2.24) is 14.8 Å². The van der Waals surface area contributed by atoms with Gasteiger partial charge in [0.15, 0.2) is 0 Å². The van der Waals surface area contributed by atoms with Gasteiger partial charge in [0.05, 0.1) is 23.1 Å². The molecule has 0 bridgehead atoms. The number of pyridine rings is 1. The summed E-state index contributed by atoms with van der Waals surface area (Å²) in [6.45, 7) is 2.02. The molecule has 1 aliphatic carbocycles. The zero-order valence-corrected chi connectivity index (χ0v) is 10.1. The second kappa shape index (κ2) is 3.87. The number of hydrogen-bond acceptors (Lipinski definition) is 3. The van der Waals surface area contributed by atoms with Crippen molar-refractivity contribution >= 4 is 5.69 Å². The third-order valence-electron chi connectivity index (χ3n) is 3.30. The number of hydrogen-bond donors (Lipinski definition) is 1. The van der Waals surface area contributed by atoms with Crippen LogP contribution in [0.4, 0.5) is 5.69 Å². The first kappa shape index (κ1) is 10.3. The van der Waals surface area contributed by atoms with Crippen molar-refractivity contribution < 1.29 is 0 Å². The van der Waals surface area contributed by atoms with Gasteiger partial charge in [0.25, 0.3) is 0 Å². The van der Waals surface area contributed by atoms with Crippen LogP contribution in [0, 0.1) is 6.92 Å². The molecule has 17 heavy (non-hydrogen) atoms. The number of aromatic nitrogens is 3. The van der Waals surface area contributed by atoms with Gasteiger partial charge in [-0.2, -0.15) is 5.10 Å². The average molecular weight is 228 g/mol. The zero-order valence-electron chi connectivity index (χ0n) is 10.1. The second-order valence-corrected chi connectivity index (χ2v) is 4.59. The quantitative estimate of drug-likeness (QED) is 0.857. The summed E-state index contributed by atoms with van der Waals surface area (Å²) in [6.07, 6.45) is 6.12. The fraction of sp³-hybridized carbons (Fsp3) is 0.385. The van der Waals surface area contributed by atoms with Crippen LogP contribution in [0.2, 0.25) is 0 Å². The minimum Gasteiger partial charge on any atom is -0.374 e. The van der Waals surface area contributed by atoms with E-state index in [0.29, 0.717) is 6.04 Å². The van der Waals surface area contributed by atoms with Gasteiger partial charge in [0, 0.05) is 19.4 Å². The molecule has 2 aromatic rings. The van der Waals surface area contributed by atoms with Crippen molar-refractivity contribution in [2.24, 2.45) is 7.05 Å². The van der Waals surface area contributed by atoms with Gasteiger partial charge in [-0.05, 0) is 31.4 Å². The number of nitrogens with zero attached hydrogens (tertiary/aromatic N) is 3. The van der Waals surface area contributed by atoms with E-state index in [1.807, 2.05) is 37.1 Å². The van der Waals surface area contributed by atoms with Crippen LogP contribution in [0.1, 0.15) is 29.4 Å². The smallest absolute Gasteiger partial charge is 0.0825 e. The molecule has 0 radical (unpaired) electrons. The molecular formula is C13H16N4. The summed E-state index contributed by atoms with van der Waals surface area (Å²) < 4.78 is 1.84. The summed E-state index contributed by atoms with van der Waals surface area (Å²) in [6, 6.07) is 4.51. The summed E-state index contributed by atoms with van der Waals surface area (Å²) in [5, 5.41) is 7.88. The topological polar surface area (TPSA) is 42.7 Å². The molecule has 1 atom stereocenters. The number of aryl methyl sites for hydroxylation is 3. The standard InChI is InChI=1S/C13H16N4/c1-9-12(8-17(2)16-9)15-11-6-5-10-4-3-7-14-13(10)11/h3-4,7-8,11,15H,5-6H2,1-2H3. The highest BCUT2D eigenvalue weighted by molar-refractivity contribution is 5.48. The molecule has 2 heterocycles. The third kappa shape index (κ3) is 1.79. The van der Waals surface area contributed by atoms with Gasteiger partial charge in [-0.25, -0.2) is 0 Å². The van der Waals surface area contributed by atoms with Crippen LogP contribution in [0.25, 0.3) is 0 Å². The Kier molecular flexibility index (Phi) is 2.35. The maximum absolute atomic E-state index is 4.48. The lowest BCUT2D eigenvalue weighted by Gasteiger charge is -2.13. The molecule has 1 unspecified atom stereocenters. The fourth-order valence-electron chi connectivity index (χ4n) is 2.48. The molecular weight excluding hydrogens is 212 g/mol. The molecule has 3 rings (SSSR count). The highest BCUT2D eigenvalue weighted by Gasteiger charge is 2.24. The molecule has 0 aliphatic heterocycles. The highest BCUT2D eigenvalue weighted by atomic mass is 15.3. The first-order valence-electron chi connectivity index (χ1n) is 5.94. The van der Waals surface area contributed by atoms with Crippen molar-refractivity contribution in [3.05, 3.63) is 41.5 Å². The molecule has 0 amide bonds. The Balaban J connectivity index is 1.86. The Morgan fingerprint density at radius 3 is 3.12 bits per heavy atom. The van der Waals surface area contributed by atoms with Gasteiger partial charge >= 0.3 is 0 Å². The number of nitrogens with one attached hydrogen (secondary N) is 1. The first-order chi connectivity index (χ1) is 8.24. The van der Waals surface area contributed by atoms with Gasteiger partial charge in [0.1, 0.15) is 0 Å². The average Bonchev–Trinajstić information content (AvgIpc) is 2.85. The zero-order chi connectivity index (χ0) is 11.8. The maximum atomic E-state index is 4.48. The molecule has 0 spiro atoms. The molecule has 0 fully saturated rings. The van der Waals surface area contributed by atoms with Gasteiger partial charge in [0.2, 0.25) is 0 Å². The molecule has 4 nitrogen and oxygen atoms in total. The highest BCUT2D eigenvalue weighted by Crippen LogP contribution is 2.32. The molecule has 0 saturated heterocycles. The Bertz CT molecular complexity index is 544. The molecule has 1 aliphatic rings. The number of rotatable bonds is 2. The van der Waals surface area contributed by atoms with E-state index in [9.17, 15) is 0 Å². The Morgan fingerprint density at radius 1 is 1.47 bits per heavy atom. The summed E-state index contributed by atoms with van der Waals surface area (Å²) in [5.74, 6) is 0. The number of fused-ring (bicyclic) bond motifs is 1. The van der Waals surface area contributed by atoms with E-state index in [2.05, 4.69) is 21.5 Å². The van der Waals surface area contributed by atoms with Gasteiger partial charge in [-0.3, -0.25) is 9.67 Å². The predicted octanol–water partition coefficient (Wildman–Crippen LogP) is 2.22. The lowest BCUT2D eigenvalue weighted by molar-refractivity contribution is 0.744. The van der Waals surface area contributed by atoms with E-state index in [0.717, 1.165) is 24.2 Å². The van der Waals surface area contributed by atoms with Gasteiger partial charge in [-0.15, -0.1) is 0 Å². The van der Waals surface area contributed by atoms with Crippen LogP contribution < -0.4 is 5.32 Å². The maximum Gasteiger partial charge on any atom is 0.0825 e. The normalized spacial score (nSPS) is 18.1. The van der Waals surface area contributed by atoms with E-state index in [1.54, 1.807) is 0 Å². The lowest BCUT2D eigenvalue weighted by Crippen LogP contribution is -2.08.